The van der Waals surface area contributed by atoms with Gasteiger partial charge in [0.2, 0.25) is 5.91 Å². The van der Waals surface area contributed by atoms with E-state index in [0.29, 0.717) is 11.3 Å². The average Bonchev–Trinajstić information content (AvgIpc) is 2.51. The van der Waals surface area contributed by atoms with Crippen LogP contribution < -0.4 is 10.6 Å². The van der Waals surface area contributed by atoms with Gasteiger partial charge in [0, 0.05) is 16.9 Å². The molecule has 0 aliphatic carbocycles. The highest BCUT2D eigenvalue weighted by atomic mass is 19.1. The molecule has 2 aromatic carbocycles. The minimum Gasteiger partial charge on any atom is -0.373 e. The number of carbonyl (C=O) groups is 1. The van der Waals surface area contributed by atoms with Crippen molar-refractivity contribution in [1.82, 2.24) is 0 Å². The van der Waals surface area contributed by atoms with Crippen molar-refractivity contribution in [2.45, 2.75) is 25.8 Å². The fraction of sp³-hybridized carbons (Fsp3) is 0.235. The molecular formula is C17H17FN2O. The fourth-order valence-corrected chi connectivity index (χ4v) is 2.60. The second-order valence-corrected chi connectivity index (χ2v) is 5.29. The maximum atomic E-state index is 13.5. The van der Waals surface area contributed by atoms with E-state index in [0.717, 1.165) is 18.5 Å². The van der Waals surface area contributed by atoms with Gasteiger partial charge in [-0.25, -0.2) is 4.39 Å². The predicted octanol–water partition coefficient (Wildman–Crippen LogP) is 3.50. The van der Waals surface area contributed by atoms with Crippen LogP contribution in [0.4, 0.5) is 15.8 Å². The number of hydrogen-bond donors (Lipinski definition) is 2. The van der Waals surface area contributed by atoms with Gasteiger partial charge in [-0.2, -0.15) is 0 Å². The summed E-state index contributed by atoms with van der Waals surface area (Å²) in [6, 6.07) is 12.4. The average molecular weight is 284 g/mol. The standard InChI is InChI=1S/C17H17FN2O/c1-11-13(18)6-4-8-14(11)20-17(21)16-10-9-12-5-2-3-7-15(12)19-16/h2-8,16,19H,9-10H2,1H3,(H,20,21). The first-order valence-electron chi connectivity index (χ1n) is 7.05. The minimum atomic E-state index is -0.310. The van der Waals surface area contributed by atoms with Crippen LogP contribution in [0.5, 0.6) is 0 Å². The Morgan fingerprint density at radius 1 is 1.24 bits per heavy atom. The van der Waals surface area contributed by atoms with E-state index in [9.17, 15) is 9.18 Å². The Bertz CT molecular complexity index is 684. The first-order valence-corrected chi connectivity index (χ1v) is 7.05. The van der Waals surface area contributed by atoms with Crippen molar-refractivity contribution in [1.29, 1.82) is 0 Å². The third-order valence-corrected chi connectivity index (χ3v) is 3.89. The zero-order chi connectivity index (χ0) is 14.8. The molecule has 21 heavy (non-hydrogen) atoms. The van der Waals surface area contributed by atoms with Gasteiger partial charge in [-0.1, -0.05) is 24.3 Å². The van der Waals surface area contributed by atoms with E-state index >= 15 is 0 Å². The number of nitrogens with one attached hydrogen (secondary N) is 2. The monoisotopic (exact) mass is 284 g/mol. The van der Waals surface area contributed by atoms with Gasteiger partial charge in [-0.15, -0.1) is 0 Å². The summed E-state index contributed by atoms with van der Waals surface area (Å²) in [6.45, 7) is 1.66. The number of halogens is 1. The smallest absolute Gasteiger partial charge is 0.246 e. The van der Waals surface area contributed by atoms with Gasteiger partial charge >= 0.3 is 0 Å². The Hall–Kier alpha value is -2.36. The lowest BCUT2D eigenvalue weighted by Gasteiger charge is -2.26. The zero-order valence-electron chi connectivity index (χ0n) is 11.8. The van der Waals surface area contributed by atoms with Gasteiger partial charge in [0.25, 0.3) is 0 Å². The lowest BCUT2D eigenvalue weighted by atomic mass is 9.97. The van der Waals surface area contributed by atoms with Crippen LogP contribution in [-0.4, -0.2) is 11.9 Å². The molecule has 0 aromatic heterocycles. The second kappa shape index (κ2) is 5.56. The summed E-state index contributed by atoms with van der Waals surface area (Å²) in [7, 11) is 0. The quantitative estimate of drug-likeness (QED) is 0.886. The number of carbonyl (C=O) groups excluding carboxylic acids is 1. The number of para-hydroxylation sites is 1. The summed E-state index contributed by atoms with van der Waals surface area (Å²) in [5, 5.41) is 6.06. The molecule has 0 bridgehead atoms. The van der Waals surface area contributed by atoms with Crippen molar-refractivity contribution < 1.29 is 9.18 Å². The van der Waals surface area contributed by atoms with Crippen LogP contribution in [0.25, 0.3) is 0 Å². The third kappa shape index (κ3) is 2.75. The van der Waals surface area contributed by atoms with Crippen LogP contribution in [0.1, 0.15) is 17.5 Å². The Balaban J connectivity index is 1.74. The van der Waals surface area contributed by atoms with Crippen molar-refractivity contribution >= 4 is 17.3 Å². The van der Waals surface area contributed by atoms with Crippen LogP contribution in [0.2, 0.25) is 0 Å². The molecule has 1 unspecified atom stereocenters. The van der Waals surface area contributed by atoms with Crippen molar-refractivity contribution in [3.63, 3.8) is 0 Å². The molecule has 2 N–H and O–H groups in total. The Kier molecular flexibility index (Phi) is 3.60. The molecular weight excluding hydrogens is 267 g/mol. The zero-order valence-corrected chi connectivity index (χ0v) is 11.8. The fourth-order valence-electron chi connectivity index (χ4n) is 2.60. The molecule has 2 aromatic rings. The van der Waals surface area contributed by atoms with Crippen LogP contribution in [0.15, 0.2) is 42.5 Å². The number of benzene rings is 2. The van der Waals surface area contributed by atoms with Crippen molar-refractivity contribution in [3.8, 4) is 0 Å². The van der Waals surface area contributed by atoms with Crippen LogP contribution in [0, 0.1) is 12.7 Å². The van der Waals surface area contributed by atoms with E-state index in [1.54, 1.807) is 19.1 Å². The molecule has 0 spiro atoms. The van der Waals surface area contributed by atoms with Crippen molar-refractivity contribution in [3.05, 3.63) is 59.4 Å². The summed E-state index contributed by atoms with van der Waals surface area (Å²) in [5.74, 6) is -0.437. The van der Waals surface area contributed by atoms with E-state index in [1.807, 2.05) is 18.2 Å². The van der Waals surface area contributed by atoms with E-state index < -0.39 is 0 Å². The minimum absolute atomic E-state index is 0.127. The molecule has 0 radical (unpaired) electrons. The highest BCUT2D eigenvalue weighted by molar-refractivity contribution is 5.97. The van der Waals surface area contributed by atoms with Gasteiger partial charge in [0.15, 0.2) is 0 Å². The molecule has 0 saturated heterocycles. The predicted molar refractivity (Wildman–Crippen MR) is 81.9 cm³/mol. The first-order chi connectivity index (χ1) is 10.1. The largest absolute Gasteiger partial charge is 0.373 e. The van der Waals surface area contributed by atoms with Gasteiger partial charge in [0.1, 0.15) is 11.9 Å². The van der Waals surface area contributed by atoms with Crippen LogP contribution in [0.3, 0.4) is 0 Å². The lowest BCUT2D eigenvalue weighted by Crippen LogP contribution is -2.37. The molecule has 1 atom stereocenters. The lowest BCUT2D eigenvalue weighted by molar-refractivity contribution is -0.117. The highest BCUT2D eigenvalue weighted by Crippen LogP contribution is 2.25. The topological polar surface area (TPSA) is 41.1 Å². The van der Waals surface area contributed by atoms with E-state index in [2.05, 4.69) is 16.7 Å². The summed E-state index contributed by atoms with van der Waals surface area (Å²) in [4.78, 5) is 12.3. The van der Waals surface area contributed by atoms with Gasteiger partial charge < -0.3 is 10.6 Å². The molecule has 108 valence electrons. The first kappa shape index (κ1) is 13.6. The number of amides is 1. The molecule has 1 amide bonds. The number of anilines is 2. The van der Waals surface area contributed by atoms with E-state index in [4.69, 9.17) is 0 Å². The Morgan fingerprint density at radius 2 is 2.05 bits per heavy atom. The van der Waals surface area contributed by atoms with Gasteiger partial charge in [0.05, 0.1) is 0 Å². The Morgan fingerprint density at radius 3 is 2.90 bits per heavy atom. The summed E-state index contributed by atoms with van der Waals surface area (Å²) in [5.41, 5.74) is 3.21. The third-order valence-electron chi connectivity index (χ3n) is 3.89. The molecule has 1 heterocycles. The normalized spacial score (nSPS) is 16.8. The summed E-state index contributed by atoms with van der Waals surface area (Å²) in [6.07, 6.45) is 1.60. The summed E-state index contributed by atoms with van der Waals surface area (Å²) < 4.78 is 13.5. The van der Waals surface area contributed by atoms with Crippen LogP contribution in [-0.2, 0) is 11.2 Å². The van der Waals surface area contributed by atoms with Gasteiger partial charge in [-0.05, 0) is 43.5 Å². The SMILES string of the molecule is Cc1c(F)cccc1NC(=O)C1CCc2ccccc2N1. The Labute approximate surface area is 123 Å². The molecule has 4 heteroatoms. The molecule has 0 saturated carbocycles. The molecule has 0 fully saturated rings. The van der Waals surface area contributed by atoms with Crippen molar-refractivity contribution in [2.75, 3.05) is 10.6 Å². The maximum absolute atomic E-state index is 13.5. The van der Waals surface area contributed by atoms with Crippen LogP contribution >= 0.6 is 0 Å². The number of hydrogen-bond acceptors (Lipinski definition) is 2. The molecule has 3 nitrogen and oxygen atoms in total. The maximum Gasteiger partial charge on any atom is 0.246 e. The summed E-state index contributed by atoms with van der Waals surface area (Å²) >= 11 is 0. The van der Waals surface area contributed by atoms with E-state index in [-0.39, 0.29) is 17.8 Å². The molecule has 1 aliphatic rings. The highest BCUT2D eigenvalue weighted by Gasteiger charge is 2.24. The van der Waals surface area contributed by atoms with E-state index in [1.165, 1.54) is 11.6 Å². The molecule has 3 rings (SSSR count). The van der Waals surface area contributed by atoms with Crippen molar-refractivity contribution in [2.24, 2.45) is 0 Å². The van der Waals surface area contributed by atoms with Gasteiger partial charge in [-0.3, -0.25) is 4.79 Å². The second-order valence-electron chi connectivity index (χ2n) is 5.29. The molecule has 1 aliphatic heterocycles. The number of aryl methyl sites for hydroxylation is 1. The number of fused-ring (bicyclic) bond motifs is 1. The number of rotatable bonds is 2.